The van der Waals surface area contributed by atoms with Gasteiger partial charge >= 0.3 is 0 Å². The molecular weight excluding hydrogens is 362 g/mol. The number of para-hydroxylation sites is 1. The smallest absolute Gasteiger partial charge is 0.229 e. The summed E-state index contributed by atoms with van der Waals surface area (Å²) in [5.41, 5.74) is 2.43. The van der Waals surface area contributed by atoms with Crippen molar-refractivity contribution in [3.8, 4) is 0 Å². The largest absolute Gasteiger partial charge is 0.342 e. The highest BCUT2D eigenvalue weighted by atomic mass is 16.2. The highest BCUT2D eigenvalue weighted by molar-refractivity contribution is 5.95. The van der Waals surface area contributed by atoms with E-state index in [-0.39, 0.29) is 17.2 Å². The van der Waals surface area contributed by atoms with Crippen molar-refractivity contribution in [3.63, 3.8) is 0 Å². The molecule has 1 spiro atoms. The SMILES string of the molecule is CC(C)C(=O)N1CCC2(CCN(C(=O)CCN3CCCC3)C2)Cc2ccccc21. The molecule has 29 heavy (non-hydrogen) atoms. The Hall–Kier alpha value is -1.88. The second-order valence-electron chi connectivity index (χ2n) is 9.56. The first kappa shape index (κ1) is 20.4. The van der Waals surface area contributed by atoms with E-state index in [0.717, 1.165) is 64.2 Å². The van der Waals surface area contributed by atoms with Gasteiger partial charge in [-0.1, -0.05) is 32.0 Å². The summed E-state index contributed by atoms with van der Waals surface area (Å²) < 4.78 is 0. The minimum atomic E-state index is -0.00986. The molecule has 0 saturated carbocycles. The molecule has 0 N–H and O–H groups in total. The highest BCUT2D eigenvalue weighted by Gasteiger charge is 2.42. The van der Waals surface area contributed by atoms with Crippen LogP contribution in [0.25, 0.3) is 0 Å². The molecule has 2 amide bonds. The van der Waals surface area contributed by atoms with Crippen LogP contribution in [0.5, 0.6) is 0 Å². The zero-order chi connectivity index (χ0) is 20.4. The fraction of sp³-hybridized carbons (Fsp3) is 0.667. The monoisotopic (exact) mass is 397 g/mol. The zero-order valence-corrected chi connectivity index (χ0v) is 18.0. The van der Waals surface area contributed by atoms with Gasteiger partial charge in [0.2, 0.25) is 11.8 Å². The Kier molecular flexibility index (Phi) is 5.95. The number of likely N-dealkylation sites (tertiary alicyclic amines) is 2. The number of amides is 2. The number of hydrogen-bond acceptors (Lipinski definition) is 3. The molecule has 0 radical (unpaired) electrons. The van der Waals surface area contributed by atoms with Crippen LogP contribution in [0.1, 0.15) is 51.5 Å². The van der Waals surface area contributed by atoms with Crippen LogP contribution in [0, 0.1) is 11.3 Å². The van der Waals surface area contributed by atoms with E-state index in [9.17, 15) is 9.59 Å². The zero-order valence-electron chi connectivity index (χ0n) is 18.0. The highest BCUT2D eigenvalue weighted by Crippen LogP contribution is 2.43. The van der Waals surface area contributed by atoms with Crippen LogP contribution in [0.15, 0.2) is 24.3 Å². The molecule has 1 aromatic rings. The Balaban J connectivity index is 1.45. The molecule has 1 atom stereocenters. The molecule has 2 saturated heterocycles. The van der Waals surface area contributed by atoms with Gasteiger partial charge in [0.1, 0.15) is 0 Å². The van der Waals surface area contributed by atoms with Gasteiger partial charge in [-0.25, -0.2) is 0 Å². The maximum Gasteiger partial charge on any atom is 0.229 e. The molecule has 5 nitrogen and oxygen atoms in total. The molecule has 158 valence electrons. The van der Waals surface area contributed by atoms with Crippen molar-refractivity contribution < 1.29 is 9.59 Å². The number of carbonyl (C=O) groups is 2. The van der Waals surface area contributed by atoms with Crippen molar-refractivity contribution in [2.24, 2.45) is 11.3 Å². The van der Waals surface area contributed by atoms with Crippen molar-refractivity contribution in [2.45, 2.75) is 52.4 Å². The Labute approximate surface area is 175 Å². The Morgan fingerprint density at radius 1 is 1.03 bits per heavy atom. The predicted octanol–water partition coefficient (Wildman–Crippen LogP) is 3.33. The summed E-state index contributed by atoms with van der Waals surface area (Å²) in [7, 11) is 0. The Morgan fingerprint density at radius 3 is 2.52 bits per heavy atom. The maximum absolute atomic E-state index is 12.9. The van der Waals surface area contributed by atoms with E-state index < -0.39 is 0 Å². The van der Waals surface area contributed by atoms with E-state index in [2.05, 4.69) is 28.0 Å². The number of rotatable bonds is 4. The Bertz CT molecular complexity index is 756. The molecule has 0 aliphatic carbocycles. The molecule has 1 aromatic carbocycles. The summed E-state index contributed by atoms with van der Waals surface area (Å²) >= 11 is 0. The molecule has 4 rings (SSSR count). The van der Waals surface area contributed by atoms with Crippen LogP contribution in [0.4, 0.5) is 5.69 Å². The standard InChI is InChI=1S/C24H35N3O2/c1-19(2)23(29)27-16-11-24(17-20-7-3-4-8-21(20)27)10-15-26(18-24)22(28)9-14-25-12-5-6-13-25/h3-4,7-8,19H,5-6,9-18H2,1-2H3. The maximum atomic E-state index is 12.9. The predicted molar refractivity (Wildman–Crippen MR) is 116 cm³/mol. The number of anilines is 1. The average Bonchev–Trinajstić information content (AvgIpc) is 3.34. The second kappa shape index (κ2) is 8.47. The normalized spacial score (nSPS) is 24.9. The first-order valence-electron chi connectivity index (χ1n) is 11.4. The number of hydrogen-bond donors (Lipinski definition) is 0. The van der Waals surface area contributed by atoms with Crippen molar-refractivity contribution in [2.75, 3.05) is 44.2 Å². The van der Waals surface area contributed by atoms with Gasteiger partial charge in [0.05, 0.1) is 0 Å². The van der Waals surface area contributed by atoms with E-state index in [1.807, 2.05) is 24.8 Å². The van der Waals surface area contributed by atoms with E-state index >= 15 is 0 Å². The first-order chi connectivity index (χ1) is 14.0. The molecule has 5 heteroatoms. The van der Waals surface area contributed by atoms with Gasteiger partial charge in [-0.15, -0.1) is 0 Å². The van der Waals surface area contributed by atoms with E-state index in [1.165, 1.54) is 18.4 Å². The summed E-state index contributed by atoms with van der Waals surface area (Å²) in [5.74, 6) is 0.497. The molecule has 0 aromatic heterocycles. The molecule has 0 bridgehead atoms. The van der Waals surface area contributed by atoms with Crippen molar-refractivity contribution in [3.05, 3.63) is 29.8 Å². The van der Waals surface area contributed by atoms with Crippen LogP contribution in [-0.4, -0.2) is 60.9 Å². The van der Waals surface area contributed by atoms with Crippen LogP contribution in [0.2, 0.25) is 0 Å². The van der Waals surface area contributed by atoms with Gasteiger partial charge in [-0.3, -0.25) is 9.59 Å². The summed E-state index contributed by atoms with van der Waals surface area (Å²) in [4.78, 5) is 32.2. The van der Waals surface area contributed by atoms with Gasteiger partial charge in [0.25, 0.3) is 0 Å². The number of fused-ring (bicyclic) bond motifs is 1. The summed E-state index contributed by atoms with van der Waals surface area (Å²) in [6.07, 6.45) is 6.15. The quantitative estimate of drug-likeness (QED) is 0.783. The lowest BCUT2D eigenvalue weighted by Crippen LogP contribution is -2.38. The number of carbonyl (C=O) groups excluding carboxylic acids is 2. The summed E-state index contributed by atoms with van der Waals surface area (Å²) in [6.45, 7) is 9.60. The molecule has 1 unspecified atom stereocenters. The Morgan fingerprint density at radius 2 is 1.76 bits per heavy atom. The van der Waals surface area contributed by atoms with Crippen LogP contribution < -0.4 is 4.90 Å². The van der Waals surface area contributed by atoms with Crippen LogP contribution in [0.3, 0.4) is 0 Å². The van der Waals surface area contributed by atoms with Gasteiger partial charge in [0, 0.05) is 44.2 Å². The topological polar surface area (TPSA) is 43.9 Å². The van der Waals surface area contributed by atoms with Crippen molar-refractivity contribution in [1.29, 1.82) is 0 Å². The van der Waals surface area contributed by atoms with Gasteiger partial charge < -0.3 is 14.7 Å². The fourth-order valence-electron chi connectivity index (χ4n) is 5.34. The lowest BCUT2D eigenvalue weighted by Gasteiger charge is -2.29. The van der Waals surface area contributed by atoms with E-state index in [1.54, 1.807) is 0 Å². The van der Waals surface area contributed by atoms with Gasteiger partial charge in [-0.2, -0.15) is 0 Å². The number of benzene rings is 1. The summed E-state index contributed by atoms with van der Waals surface area (Å²) in [5, 5.41) is 0. The minimum Gasteiger partial charge on any atom is -0.342 e. The van der Waals surface area contributed by atoms with Gasteiger partial charge in [-0.05, 0) is 62.2 Å². The molecule has 3 heterocycles. The van der Waals surface area contributed by atoms with E-state index in [4.69, 9.17) is 0 Å². The fourth-order valence-corrected chi connectivity index (χ4v) is 5.34. The third kappa shape index (κ3) is 4.35. The van der Waals surface area contributed by atoms with Crippen LogP contribution >= 0.6 is 0 Å². The van der Waals surface area contributed by atoms with Crippen molar-refractivity contribution >= 4 is 17.5 Å². The molecule has 3 aliphatic rings. The van der Waals surface area contributed by atoms with Crippen molar-refractivity contribution in [1.82, 2.24) is 9.80 Å². The van der Waals surface area contributed by atoms with Crippen LogP contribution in [-0.2, 0) is 16.0 Å². The number of nitrogens with zero attached hydrogens (tertiary/aromatic N) is 3. The molecule has 2 fully saturated rings. The summed E-state index contributed by atoms with van der Waals surface area (Å²) in [6, 6.07) is 8.35. The molecular formula is C24H35N3O2. The third-order valence-corrected chi connectivity index (χ3v) is 7.11. The third-order valence-electron chi connectivity index (χ3n) is 7.11. The lowest BCUT2D eigenvalue weighted by atomic mass is 9.78. The molecule has 3 aliphatic heterocycles. The first-order valence-corrected chi connectivity index (χ1v) is 11.4. The lowest BCUT2D eigenvalue weighted by molar-refractivity contribution is -0.131. The minimum absolute atomic E-state index is 0.00986. The average molecular weight is 398 g/mol. The van der Waals surface area contributed by atoms with E-state index in [0.29, 0.717) is 12.3 Å². The van der Waals surface area contributed by atoms with Gasteiger partial charge in [0.15, 0.2) is 0 Å². The second-order valence-corrected chi connectivity index (χ2v) is 9.56.